The molecule has 1 atom stereocenters. The molecule has 27 heavy (non-hydrogen) atoms. The second-order valence-electron chi connectivity index (χ2n) is 7.08. The Hall–Kier alpha value is -2.57. The maximum atomic E-state index is 12.8. The van der Waals surface area contributed by atoms with Gasteiger partial charge in [0.1, 0.15) is 0 Å². The molecule has 1 N–H and O–H groups in total. The number of ether oxygens (including phenoxy) is 2. The zero-order valence-corrected chi connectivity index (χ0v) is 15.2. The maximum absolute atomic E-state index is 12.8. The third kappa shape index (κ3) is 4.40. The fraction of sp³-hybridized carbons (Fsp3) is 0.381. The van der Waals surface area contributed by atoms with E-state index in [-0.39, 0.29) is 12.7 Å². The van der Waals surface area contributed by atoms with Crippen LogP contribution in [0.25, 0.3) is 0 Å². The lowest BCUT2D eigenvalue weighted by molar-refractivity contribution is -0.131. The molecule has 142 valence electrons. The van der Waals surface area contributed by atoms with Gasteiger partial charge in [-0.3, -0.25) is 9.69 Å². The van der Waals surface area contributed by atoms with Crippen LogP contribution < -0.4 is 9.47 Å². The van der Waals surface area contributed by atoms with Crippen molar-refractivity contribution in [3.05, 3.63) is 59.7 Å². The van der Waals surface area contributed by atoms with Crippen LogP contribution in [0, 0.1) is 0 Å². The van der Waals surface area contributed by atoms with Crippen molar-refractivity contribution in [2.75, 3.05) is 33.0 Å². The topological polar surface area (TPSA) is 62.2 Å². The minimum Gasteiger partial charge on any atom is -0.454 e. The number of amides is 1. The molecule has 1 fully saturated rings. The van der Waals surface area contributed by atoms with E-state index in [0.717, 1.165) is 18.7 Å². The van der Waals surface area contributed by atoms with Gasteiger partial charge in [0.05, 0.1) is 12.5 Å². The van der Waals surface area contributed by atoms with Crippen LogP contribution in [0.5, 0.6) is 11.5 Å². The molecule has 1 amide bonds. The van der Waals surface area contributed by atoms with Crippen LogP contribution in [-0.4, -0.2) is 59.9 Å². The van der Waals surface area contributed by atoms with E-state index in [1.807, 2.05) is 36.4 Å². The van der Waals surface area contributed by atoms with E-state index in [9.17, 15) is 9.90 Å². The summed E-state index contributed by atoms with van der Waals surface area (Å²) in [5.41, 5.74) is 2.11. The normalized spacial score (nSPS) is 19.7. The van der Waals surface area contributed by atoms with E-state index in [2.05, 4.69) is 17.0 Å². The average Bonchev–Trinajstić information content (AvgIpc) is 3.05. The quantitative estimate of drug-likeness (QED) is 0.889. The Kier molecular flexibility index (Phi) is 5.27. The molecule has 0 saturated carbocycles. The van der Waals surface area contributed by atoms with Crippen LogP contribution in [0.3, 0.4) is 0 Å². The monoisotopic (exact) mass is 368 g/mol. The van der Waals surface area contributed by atoms with E-state index in [0.29, 0.717) is 37.6 Å². The van der Waals surface area contributed by atoms with E-state index in [4.69, 9.17) is 9.47 Å². The summed E-state index contributed by atoms with van der Waals surface area (Å²) in [6.45, 7) is 3.31. The first-order chi connectivity index (χ1) is 13.2. The molecule has 2 aromatic rings. The van der Waals surface area contributed by atoms with Crippen molar-refractivity contribution in [1.29, 1.82) is 0 Å². The number of hydrogen-bond donors (Lipinski definition) is 1. The number of rotatable bonds is 4. The standard InChI is InChI=1S/C21H24N2O4/c24-18-13-22(12-16-4-2-1-3-5-16)8-9-23(14-18)21(25)11-17-6-7-19-20(10-17)27-15-26-19/h1-7,10,18,24H,8-9,11-15H2/t18-/m0/s1. The fourth-order valence-corrected chi connectivity index (χ4v) is 3.60. The van der Waals surface area contributed by atoms with Gasteiger partial charge < -0.3 is 19.5 Å². The van der Waals surface area contributed by atoms with Gasteiger partial charge >= 0.3 is 0 Å². The number of fused-ring (bicyclic) bond motifs is 1. The summed E-state index contributed by atoms with van der Waals surface area (Å²) >= 11 is 0. The fourth-order valence-electron chi connectivity index (χ4n) is 3.60. The minimum atomic E-state index is -0.545. The molecule has 6 nitrogen and oxygen atoms in total. The van der Waals surface area contributed by atoms with Crippen LogP contribution in [0.2, 0.25) is 0 Å². The average molecular weight is 368 g/mol. The first kappa shape index (κ1) is 17.8. The van der Waals surface area contributed by atoms with Gasteiger partial charge in [0, 0.05) is 32.7 Å². The number of nitrogens with zero attached hydrogens (tertiary/aromatic N) is 2. The smallest absolute Gasteiger partial charge is 0.231 e. The van der Waals surface area contributed by atoms with Crippen LogP contribution in [-0.2, 0) is 17.8 Å². The van der Waals surface area contributed by atoms with E-state index in [1.54, 1.807) is 4.90 Å². The summed E-state index contributed by atoms with van der Waals surface area (Å²) in [5, 5.41) is 10.4. The number of aliphatic hydroxyl groups is 1. The highest BCUT2D eigenvalue weighted by Crippen LogP contribution is 2.32. The Morgan fingerprint density at radius 2 is 1.81 bits per heavy atom. The Morgan fingerprint density at radius 3 is 2.67 bits per heavy atom. The molecule has 2 aliphatic heterocycles. The van der Waals surface area contributed by atoms with Crippen molar-refractivity contribution in [3.63, 3.8) is 0 Å². The molecule has 0 aliphatic carbocycles. The summed E-state index contributed by atoms with van der Waals surface area (Å²) in [5.74, 6) is 1.42. The Bertz CT molecular complexity index is 796. The predicted octanol–water partition coefficient (Wildman–Crippen LogP) is 1.66. The molecule has 2 heterocycles. The molecular formula is C21H24N2O4. The maximum Gasteiger partial charge on any atom is 0.231 e. The van der Waals surface area contributed by atoms with E-state index >= 15 is 0 Å². The summed E-state index contributed by atoms with van der Waals surface area (Å²) < 4.78 is 10.7. The number of carbonyl (C=O) groups is 1. The first-order valence-corrected chi connectivity index (χ1v) is 9.28. The molecule has 0 aromatic heterocycles. The molecule has 0 unspecified atom stereocenters. The third-order valence-electron chi connectivity index (χ3n) is 4.98. The van der Waals surface area contributed by atoms with Crippen molar-refractivity contribution in [2.24, 2.45) is 0 Å². The van der Waals surface area contributed by atoms with E-state index < -0.39 is 6.10 Å². The van der Waals surface area contributed by atoms with Crippen molar-refractivity contribution in [1.82, 2.24) is 9.80 Å². The van der Waals surface area contributed by atoms with Crippen LogP contribution in [0.15, 0.2) is 48.5 Å². The number of aliphatic hydroxyl groups excluding tert-OH is 1. The van der Waals surface area contributed by atoms with Crippen molar-refractivity contribution in [2.45, 2.75) is 19.1 Å². The zero-order valence-electron chi connectivity index (χ0n) is 15.2. The molecule has 6 heteroatoms. The highest BCUT2D eigenvalue weighted by molar-refractivity contribution is 5.79. The first-order valence-electron chi connectivity index (χ1n) is 9.28. The molecule has 0 spiro atoms. The molecule has 1 saturated heterocycles. The van der Waals surface area contributed by atoms with Gasteiger partial charge in [-0.05, 0) is 23.3 Å². The second-order valence-corrected chi connectivity index (χ2v) is 7.08. The molecule has 0 radical (unpaired) electrons. The zero-order chi connectivity index (χ0) is 18.6. The van der Waals surface area contributed by atoms with Gasteiger partial charge in [-0.25, -0.2) is 0 Å². The second kappa shape index (κ2) is 7.98. The van der Waals surface area contributed by atoms with Gasteiger partial charge in [0.2, 0.25) is 12.7 Å². The summed E-state index contributed by atoms with van der Waals surface area (Å²) in [7, 11) is 0. The summed E-state index contributed by atoms with van der Waals surface area (Å²) in [6.07, 6.45) is -0.251. The number of β-amino-alcohol motifs (C(OH)–C–C–N with tert-alkyl or cyclic N) is 1. The highest BCUT2D eigenvalue weighted by Gasteiger charge is 2.25. The number of hydrogen-bond acceptors (Lipinski definition) is 5. The predicted molar refractivity (Wildman–Crippen MR) is 101 cm³/mol. The Labute approximate surface area is 158 Å². The lowest BCUT2D eigenvalue weighted by atomic mass is 10.1. The Morgan fingerprint density at radius 1 is 1.00 bits per heavy atom. The molecule has 4 rings (SSSR count). The molecule has 2 aliphatic rings. The Balaban J connectivity index is 1.36. The molecular weight excluding hydrogens is 344 g/mol. The van der Waals surface area contributed by atoms with Gasteiger partial charge in [0.25, 0.3) is 0 Å². The number of benzene rings is 2. The highest BCUT2D eigenvalue weighted by atomic mass is 16.7. The van der Waals surface area contributed by atoms with Crippen LogP contribution in [0.1, 0.15) is 11.1 Å². The molecule has 2 aromatic carbocycles. The van der Waals surface area contributed by atoms with Gasteiger partial charge in [-0.1, -0.05) is 36.4 Å². The van der Waals surface area contributed by atoms with Crippen LogP contribution in [0.4, 0.5) is 0 Å². The third-order valence-corrected chi connectivity index (χ3v) is 4.98. The molecule has 0 bridgehead atoms. The van der Waals surface area contributed by atoms with Gasteiger partial charge in [-0.15, -0.1) is 0 Å². The van der Waals surface area contributed by atoms with Crippen molar-refractivity contribution in [3.8, 4) is 11.5 Å². The van der Waals surface area contributed by atoms with Crippen molar-refractivity contribution < 1.29 is 19.4 Å². The largest absolute Gasteiger partial charge is 0.454 e. The number of carbonyl (C=O) groups excluding carboxylic acids is 1. The summed E-state index contributed by atoms with van der Waals surface area (Å²) in [6, 6.07) is 15.8. The van der Waals surface area contributed by atoms with Gasteiger partial charge in [0.15, 0.2) is 11.5 Å². The van der Waals surface area contributed by atoms with Gasteiger partial charge in [-0.2, -0.15) is 0 Å². The summed E-state index contributed by atoms with van der Waals surface area (Å²) in [4.78, 5) is 16.7. The SMILES string of the molecule is O=C(Cc1ccc2c(c1)OCO2)N1CCN(Cc2ccccc2)C[C@H](O)C1. The van der Waals surface area contributed by atoms with Crippen molar-refractivity contribution >= 4 is 5.91 Å². The van der Waals surface area contributed by atoms with Crippen LogP contribution >= 0.6 is 0 Å². The minimum absolute atomic E-state index is 0.0227. The van der Waals surface area contributed by atoms with E-state index in [1.165, 1.54) is 5.56 Å². The lowest BCUT2D eigenvalue weighted by Crippen LogP contribution is -2.38. The lowest BCUT2D eigenvalue weighted by Gasteiger charge is -2.22.